The Kier molecular flexibility index (Phi) is 26.8. The van der Waals surface area contributed by atoms with Gasteiger partial charge in [-0.3, -0.25) is 9.59 Å². The van der Waals surface area contributed by atoms with Crippen molar-refractivity contribution >= 4 is 52.9 Å². The van der Waals surface area contributed by atoms with Gasteiger partial charge in [-0.1, -0.05) is 0 Å². The predicted octanol–water partition coefficient (Wildman–Crippen LogP) is 6.35. The normalized spacial score (nSPS) is 13.0. The van der Waals surface area contributed by atoms with Gasteiger partial charge in [0.1, 0.15) is 0 Å². The van der Waals surface area contributed by atoms with Gasteiger partial charge >= 0.3 is 17.6 Å². The number of carbonyl (C=O) groups is 2. The lowest BCUT2D eigenvalue weighted by Gasteiger charge is -2.28. The summed E-state index contributed by atoms with van der Waals surface area (Å²) >= 11 is 3.69. The van der Waals surface area contributed by atoms with Gasteiger partial charge in [0, 0.05) is 64.8 Å². The summed E-state index contributed by atoms with van der Waals surface area (Å²) in [6, 6.07) is 1.61. The van der Waals surface area contributed by atoms with Gasteiger partial charge < -0.3 is 37.2 Å². The summed E-state index contributed by atoms with van der Waals surface area (Å²) < 4.78 is 35.5. The third-order valence-corrected chi connectivity index (χ3v) is 15.5. The summed E-state index contributed by atoms with van der Waals surface area (Å²) in [6.45, 7) is 23.3. The molecule has 0 saturated heterocycles. The minimum atomic E-state index is -2.59. The highest BCUT2D eigenvalue weighted by molar-refractivity contribution is 7.99. The van der Waals surface area contributed by atoms with E-state index in [-0.39, 0.29) is 11.8 Å². The SMILES string of the molecule is CCO[Si](CCCSCCCNC(=O)C(C)(C)/N=N/C(C)(C)C(=O)NCCCSCCC[Si](OCC)(OCC)OCC)(OCC)OCC. The van der Waals surface area contributed by atoms with Gasteiger partial charge in [-0.05, 0) is 118 Å². The number of amides is 2. The second kappa shape index (κ2) is 27.1. The minimum absolute atomic E-state index is 0.214. The molecule has 0 atom stereocenters. The van der Waals surface area contributed by atoms with E-state index in [1.165, 1.54) is 0 Å². The van der Waals surface area contributed by atoms with Crippen molar-refractivity contribution in [2.24, 2.45) is 10.2 Å². The second-order valence-electron chi connectivity index (χ2n) is 11.9. The molecule has 2 amide bonds. The van der Waals surface area contributed by atoms with Crippen molar-refractivity contribution in [3.8, 4) is 0 Å². The van der Waals surface area contributed by atoms with E-state index in [9.17, 15) is 9.59 Å². The number of rotatable bonds is 32. The molecule has 0 aromatic rings. The van der Waals surface area contributed by atoms with Gasteiger partial charge in [-0.2, -0.15) is 33.8 Å². The predicted molar refractivity (Wildman–Crippen MR) is 203 cm³/mol. The van der Waals surface area contributed by atoms with Crippen LogP contribution in [0, 0.1) is 0 Å². The number of nitrogens with zero attached hydrogens (tertiary/aromatic N) is 2. The Morgan fingerprint density at radius 1 is 0.521 bits per heavy atom. The first kappa shape index (κ1) is 47.4. The van der Waals surface area contributed by atoms with Crippen LogP contribution in [0.15, 0.2) is 10.2 Å². The molecule has 0 fully saturated rings. The Balaban J connectivity index is 4.38. The van der Waals surface area contributed by atoms with Crippen molar-refractivity contribution in [1.29, 1.82) is 0 Å². The molecule has 16 heteroatoms. The topological polar surface area (TPSA) is 138 Å². The first-order valence-corrected chi connectivity index (χ1v) is 24.0. The molecule has 12 nitrogen and oxygen atoms in total. The Labute approximate surface area is 302 Å². The summed E-state index contributed by atoms with van der Waals surface area (Å²) in [5, 5.41) is 14.5. The molecular formula is C32H68N4O8S2Si2. The van der Waals surface area contributed by atoms with Crippen LogP contribution >= 0.6 is 23.5 Å². The van der Waals surface area contributed by atoms with Crippen LogP contribution < -0.4 is 10.6 Å². The molecule has 0 heterocycles. The maximum absolute atomic E-state index is 12.8. The van der Waals surface area contributed by atoms with E-state index in [0.29, 0.717) is 52.7 Å². The Bertz CT molecular complexity index is 789. The lowest BCUT2D eigenvalue weighted by molar-refractivity contribution is -0.127. The van der Waals surface area contributed by atoms with Gasteiger partial charge in [0.2, 0.25) is 11.8 Å². The molecule has 0 spiro atoms. The van der Waals surface area contributed by atoms with Crippen LogP contribution in [0.4, 0.5) is 0 Å². The summed E-state index contributed by atoms with van der Waals surface area (Å²) in [6.07, 6.45) is 3.61. The smallest absolute Gasteiger partial charge is 0.374 e. The first-order chi connectivity index (χ1) is 22.8. The fourth-order valence-corrected chi connectivity index (χ4v) is 12.1. The molecule has 0 aliphatic rings. The van der Waals surface area contributed by atoms with E-state index in [2.05, 4.69) is 20.9 Å². The molecule has 0 radical (unpaired) electrons. The van der Waals surface area contributed by atoms with Crippen molar-refractivity contribution < 1.29 is 36.1 Å². The maximum atomic E-state index is 12.8. The molecule has 284 valence electrons. The van der Waals surface area contributed by atoms with E-state index in [1.54, 1.807) is 27.7 Å². The molecule has 48 heavy (non-hydrogen) atoms. The Hall–Kier alpha value is -0.566. The fraction of sp³-hybridized carbons (Fsp3) is 0.938. The molecule has 0 saturated carbocycles. The zero-order valence-corrected chi connectivity index (χ0v) is 35.3. The highest BCUT2D eigenvalue weighted by Gasteiger charge is 2.40. The van der Waals surface area contributed by atoms with Gasteiger partial charge in [0.25, 0.3) is 0 Å². The number of azo groups is 1. The number of thioether (sulfide) groups is 2. The van der Waals surface area contributed by atoms with Crippen LogP contribution in [-0.2, 0) is 36.1 Å². The van der Waals surface area contributed by atoms with Crippen molar-refractivity contribution in [2.45, 2.75) is 118 Å². The monoisotopic (exact) mass is 756 g/mol. The largest absolute Gasteiger partial charge is 0.500 e. The van der Waals surface area contributed by atoms with Gasteiger partial charge in [0.15, 0.2) is 11.1 Å². The van der Waals surface area contributed by atoms with Crippen LogP contribution in [0.1, 0.15) is 94.9 Å². The molecule has 0 aliphatic heterocycles. The quantitative estimate of drug-likeness (QED) is 0.0454. The first-order valence-electron chi connectivity index (χ1n) is 17.8. The zero-order chi connectivity index (χ0) is 36.4. The van der Waals surface area contributed by atoms with Crippen molar-refractivity contribution in [3.05, 3.63) is 0 Å². The van der Waals surface area contributed by atoms with Gasteiger partial charge in [0.05, 0.1) is 0 Å². The zero-order valence-electron chi connectivity index (χ0n) is 31.7. The minimum Gasteiger partial charge on any atom is -0.374 e. The average Bonchev–Trinajstić information content (AvgIpc) is 3.03. The molecule has 2 N–H and O–H groups in total. The number of hydrogen-bond donors (Lipinski definition) is 2. The van der Waals surface area contributed by atoms with Crippen molar-refractivity contribution in [2.75, 3.05) is 75.7 Å². The summed E-state index contributed by atoms with van der Waals surface area (Å²) in [5.41, 5.74) is -2.17. The highest BCUT2D eigenvalue weighted by atomic mass is 32.2. The van der Waals surface area contributed by atoms with Gasteiger partial charge in [-0.15, -0.1) is 0 Å². The van der Waals surface area contributed by atoms with Crippen LogP contribution in [0.5, 0.6) is 0 Å². The molecule has 0 aromatic carbocycles. The molecule has 0 aliphatic carbocycles. The van der Waals surface area contributed by atoms with Crippen molar-refractivity contribution in [3.63, 3.8) is 0 Å². The third kappa shape index (κ3) is 20.3. The number of nitrogens with one attached hydrogen (secondary N) is 2. The Morgan fingerprint density at radius 3 is 1.06 bits per heavy atom. The van der Waals surface area contributed by atoms with E-state index < -0.39 is 28.7 Å². The number of carbonyl (C=O) groups excluding carboxylic acids is 2. The third-order valence-electron chi connectivity index (χ3n) is 6.89. The number of hydrogen-bond acceptors (Lipinski definition) is 12. The molecule has 0 aromatic heterocycles. The molecule has 0 rings (SSSR count). The maximum Gasteiger partial charge on any atom is 0.500 e. The highest BCUT2D eigenvalue weighted by Crippen LogP contribution is 2.22. The Morgan fingerprint density at radius 2 is 0.792 bits per heavy atom. The van der Waals surface area contributed by atoms with Crippen molar-refractivity contribution in [1.82, 2.24) is 10.6 Å². The lowest BCUT2D eigenvalue weighted by Crippen LogP contribution is -2.46. The summed E-state index contributed by atoms with van der Waals surface area (Å²) in [4.78, 5) is 25.6. The van der Waals surface area contributed by atoms with Gasteiger partial charge in [-0.25, -0.2) is 0 Å². The van der Waals surface area contributed by atoms with Crippen LogP contribution in [-0.4, -0.2) is 116 Å². The lowest BCUT2D eigenvalue weighted by atomic mass is 10.0. The second-order valence-corrected chi connectivity index (χ2v) is 19.8. The fourth-order valence-electron chi connectivity index (χ4n) is 4.51. The van der Waals surface area contributed by atoms with E-state index >= 15 is 0 Å². The van der Waals surface area contributed by atoms with Crippen LogP contribution in [0.3, 0.4) is 0 Å². The standard InChI is InChI=1S/C32H68N4O8S2Si2/c1-11-39-47(40-12-2,41-13-3)27-19-25-45-23-17-21-33-29(37)31(7,8)35-36-32(9,10)30(38)34-22-18-24-46-26-20-28-48(42-14-4,43-15-5)44-16-6/h11-28H2,1-10H3,(H,33,37)(H,34,38)/b36-35+. The average molecular weight is 757 g/mol. The van der Waals surface area contributed by atoms with E-state index in [4.69, 9.17) is 26.6 Å². The summed E-state index contributed by atoms with van der Waals surface area (Å²) in [5.74, 6) is 3.39. The molecule has 0 unspecified atom stereocenters. The van der Waals surface area contributed by atoms with Crippen LogP contribution in [0.25, 0.3) is 0 Å². The van der Waals surface area contributed by atoms with Crippen LogP contribution in [0.2, 0.25) is 12.1 Å². The molecular weight excluding hydrogens is 689 g/mol. The molecule has 0 bridgehead atoms. The summed E-state index contributed by atoms with van der Waals surface area (Å²) in [7, 11) is -5.17. The van der Waals surface area contributed by atoms with E-state index in [1.807, 2.05) is 65.1 Å². The van der Waals surface area contributed by atoms with E-state index in [0.717, 1.165) is 60.8 Å².